The predicted octanol–water partition coefficient (Wildman–Crippen LogP) is 19.7. The summed E-state index contributed by atoms with van der Waals surface area (Å²) in [4.78, 5) is 72.4. The van der Waals surface area contributed by atoms with E-state index in [9.17, 15) is 43.2 Å². The Labute approximate surface area is 542 Å². The Hall–Kier alpha value is -2.46. The third-order valence-electron chi connectivity index (χ3n) is 15.7. The van der Waals surface area contributed by atoms with Crippen LogP contribution in [0.5, 0.6) is 0 Å². The number of hydrogen-bond donors (Lipinski definition) is 3. The van der Waals surface area contributed by atoms with Crippen LogP contribution in [0.1, 0.15) is 336 Å². The van der Waals surface area contributed by atoms with E-state index in [0.717, 1.165) is 115 Å². The molecule has 19 heteroatoms. The van der Waals surface area contributed by atoms with Crippen LogP contribution in [-0.4, -0.2) is 96.7 Å². The molecule has 2 unspecified atom stereocenters. The van der Waals surface area contributed by atoms with Crippen molar-refractivity contribution in [3.63, 3.8) is 0 Å². The van der Waals surface area contributed by atoms with Gasteiger partial charge in [0.05, 0.1) is 26.4 Å². The number of rotatable bonds is 68. The lowest BCUT2D eigenvalue weighted by atomic mass is 10.0. The third-order valence-corrected chi connectivity index (χ3v) is 17.6. The van der Waals surface area contributed by atoms with E-state index in [1.165, 1.54) is 141 Å². The van der Waals surface area contributed by atoms with Crippen LogP contribution in [0.3, 0.4) is 0 Å². The van der Waals surface area contributed by atoms with E-state index in [1.807, 2.05) is 0 Å². The summed E-state index contributed by atoms with van der Waals surface area (Å²) in [6, 6.07) is 0. The molecule has 0 aliphatic heterocycles. The molecule has 0 fully saturated rings. The largest absolute Gasteiger partial charge is 0.472 e. The summed E-state index contributed by atoms with van der Waals surface area (Å²) in [7, 11) is -9.91. The first-order chi connectivity index (χ1) is 43.0. The number of esters is 4. The zero-order chi connectivity index (χ0) is 65.6. The Morgan fingerprint density at radius 2 is 0.607 bits per heavy atom. The van der Waals surface area contributed by atoms with Crippen molar-refractivity contribution in [2.45, 2.75) is 355 Å². The Balaban J connectivity index is 5.27. The second-order valence-corrected chi connectivity index (χ2v) is 28.0. The molecule has 0 spiro atoms. The van der Waals surface area contributed by atoms with E-state index in [-0.39, 0.29) is 25.7 Å². The predicted molar refractivity (Wildman–Crippen MR) is 358 cm³/mol. The second-order valence-electron chi connectivity index (χ2n) is 25.1. The van der Waals surface area contributed by atoms with E-state index >= 15 is 0 Å². The second kappa shape index (κ2) is 63.0. The average molecular weight is 1310 g/mol. The summed E-state index contributed by atoms with van der Waals surface area (Å²) in [5, 5.41) is 10.6. The molecule has 0 rings (SSSR count). The number of phosphoric ester groups is 2. The highest BCUT2D eigenvalue weighted by Crippen LogP contribution is 2.45. The van der Waals surface area contributed by atoms with Crippen LogP contribution in [0, 0.1) is 5.92 Å². The van der Waals surface area contributed by atoms with Crippen LogP contribution in [0.4, 0.5) is 0 Å². The van der Waals surface area contributed by atoms with Crippen molar-refractivity contribution >= 4 is 39.5 Å². The molecule has 3 N–H and O–H groups in total. The van der Waals surface area contributed by atoms with Gasteiger partial charge in [0.25, 0.3) is 0 Å². The molecule has 0 saturated heterocycles. The maximum absolute atomic E-state index is 13.0. The normalized spacial score (nSPS) is 14.3. The molecular weight excluding hydrogens is 1170 g/mol. The van der Waals surface area contributed by atoms with Crippen LogP contribution in [0.25, 0.3) is 0 Å². The standard InChI is InChI=1S/C70H132O17P2/c1-6-9-12-15-18-21-23-25-26-28-30-36-41-46-51-56-70(75)87-66(60-81-68(73)54-49-44-39-34-32-31-33-37-42-47-52-63(4)5)62-85-89(78,79)83-58-64(71)57-82-88(76,77)84-61-65(59-80-67(72)53-48-43-38-20-17-14-11-8-3)86-69(74)55-50-45-40-35-29-27-24-22-19-16-13-10-7-2/h21,23,25-26,63-66,71H,6-20,22,24,27-62H2,1-5H3,(H,76,77)(H,78,79)/b23-21-,26-25-/t64-,65+,66+/m0/s1. The molecule has 0 aliphatic carbocycles. The number of hydrogen-bond acceptors (Lipinski definition) is 15. The van der Waals surface area contributed by atoms with E-state index in [0.29, 0.717) is 25.7 Å². The highest BCUT2D eigenvalue weighted by atomic mass is 31.2. The minimum absolute atomic E-state index is 0.0850. The number of carbonyl (C=O) groups excluding carboxylic acids is 4. The van der Waals surface area contributed by atoms with Crippen molar-refractivity contribution in [1.29, 1.82) is 0 Å². The van der Waals surface area contributed by atoms with Crippen LogP contribution in [0.2, 0.25) is 0 Å². The van der Waals surface area contributed by atoms with Gasteiger partial charge in [-0.2, -0.15) is 0 Å². The van der Waals surface area contributed by atoms with Crippen LogP contribution in [0.15, 0.2) is 24.3 Å². The zero-order valence-corrected chi connectivity index (χ0v) is 58.8. The van der Waals surface area contributed by atoms with Crippen molar-refractivity contribution < 1.29 is 80.2 Å². The molecule has 89 heavy (non-hydrogen) atoms. The lowest BCUT2D eigenvalue weighted by Gasteiger charge is -2.21. The summed E-state index contributed by atoms with van der Waals surface area (Å²) >= 11 is 0. The fourth-order valence-corrected chi connectivity index (χ4v) is 11.7. The summed E-state index contributed by atoms with van der Waals surface area (Å²) in [6.45, 7) is 7.15. The summed E-state index contributed by atoms with van der Waals surface area (Å²) in [6.07, 6.45) is 52.1. The number of allylic oxidation sites excluding steroid dienone is 4. The maximum atomic E-state index is 13.0. The Morgan fingerprint density at radius 3 is 0.921 bits per heavy atom. The number of ether oxygens (including phenoxy) is 4. The molecule has 524 valence electrons. The van der Waals surface area contributed by atoms with Gasteiger partial charge in [0.15, 0.2) is 12.2 Å². The van der Waals surface area contributed by atoms with Gasteiger partial charge in [-0.25, -0.2) is 9.13 Å². The first-order valence-corrected chi connectivity index (χ1v) is 38.9. The molecule has 5 atom stereocenters. The van der Waals surface area contributed by atoms with Gasteiger partial charge in [0.1, 0.15) is 19.3 Å². The fourth-order valence-electron chi connectivity index (χ4n) is 10.1. The Kier molecular flexibility index (Phi) is 61.2. The third kappa shape index (κ3) is 64.1. The molecule has 0 aromatic heterocycles. The summed E-state index contributed by atoms with van der Waals surface area (Å²) in [5.41, 5.74) is 0. The molecular formula is C70H132O17P2. The van der Waals surface area contributed by atoms with Gasteiger partial charge >= 0.3 is 39.5 Å². The van der Waals surface area contributed by atoms with Crippen molar-refractivity contribution in [3.8, 4) is 0 Å². The van der Waals surface area contributed by atoms with E-state index in [2.05, 4.69) is 58.9 Å². The van der Waals surface area contributed by atoms with Crippen molar-refractivity contribution in [3.05, 3.63) is 24.3 Å². The number of unbranched alkanes of at least 4 members (excludes halogenated alkanes) is 37. The zero-order valence-electron chi connectivity index (χ0n) is 57.0. The van der Waals surface area contributed by atoms with E-state index < -0.39 is 97.5 Å². The van der Waals surface area contributed by atoms with Crippen LogP contribution < -0.4 is 0 Å². The topological polar surface area (TPSA) is 237 Å². The van der Waals surface area contributed by atoms with Gasteiger partial charge in [0, 0.05) is 25.7 Å². The molecule has 0 heterocycles. The highest BCUT2D eigenvalue weighted by molar-refractivity contribution is 7.47. The lowest BCUT2D eigenvalue weighted by Crippen LogP contribution is -2.30. The Bertz CT molecular complexity index is 1810. The summed E-state index contributed by atoms with van der Waals surface area (Å²) in [5.74, 6) is -1.40. The molecule has 0 amide bonds. The van der Waals surface area contributed by atoms with Gasteiger partial charge in [-0.15, -0.1) is 0 Å². The minimum Gasteiger partial charge on any atom is -0.462 e. The van der Waals surface area contributed by atoms with Gasteiger partial charge < -0.3 is 33.8 Å². The van der Waals surface area contributed by atoms with Crippen molar-refractivity contribution in [2.75, 3.05) is 39.6 Å². The van der Waals surface area contributed by atoms with Gasteiger partial charge in [-0.3, -0.25) is 37.3 Å². The molecule has 0 aromatic carbocycles. The minimum atomic E-state index is -4.96. The number of aliphatic hydroxyl groups excluding tert-OH is 1. The molecule has 0 radical (unpaired) electrons. The fraction of sp³-hybridized carbons (Fsp3) is 0.886. The monoisotopic (exact) mass is 1310 g/mol. The average Bonchev–Trinajstić information content (AvgIpc) is 3.67. The quantitative estimate of drug-likeness (QED) is 0.0169. The number of carbonyl (C=O) groups is 4. The SMILES string of the molecule is CCCCCC/C=C\C=C/CCCCCCCC(=O)O[C@H](COC(=O)CCCCCCCCCCCCC(C)C)COP(=O)(O)OC[C@@H](O)COP(=O)(O)OC[C@@H](COC(=O)CCCCCCCCCC)OC(=O)CCCCCCCCCCCCCCC. The number of aliphatic hydroxyl groups is 1. The number of phosphoric acid groups is 2. The molecule has 0 aromatic rings. The van der Waals surface area contributed by atoms with Crippen molar-refractivity contribution in [1.82, 2.24) is 0 Å². The lowest BCUT2D eigenvalue weighted by molar-refractivity contribution is -0.161. The first kappa shape index (κ1) is 86.5. The molecule has 0 saturated carbocycles. The van der Waals surface area contributed by atoms with Crippen LogP contribution >= 0.6 is 15.6 Å². The van der Waals surface area contributed by atoms with E-state index in [1.54, 1.807) is 0 Å². The molecule has 0 bridgehead atoms. The van der Waals surface area contributed by atoms with E-state index in [4.69, 9.17) is 37.0 Å². The van der Waals surface area contributed by atoms with Gasteiger partial charge in [-0.05, 0) is 57.3 Å². The molecule has 0 aliphatic rings. The summed E-state index contributed by atoms with van der Waals surface area (Å²) < 4.78 is 68.2. The van der Waals surface area contributed by atoms with Gasteiger partial charge in [-0.1, -0.05) is 284 Å². The van der Waals surface area contributed by atoms with Crippen molar-refractivity contribution in [2.24, 2.45) is 5.92 Å². The highest BCUT2D eigenvalue weighted by Gasteiger charge is 2.30. The smallest absolute Gasteiger partial charge is 0.462 e. The first-order valence-electron chi connectivity index (χ1n) is 36.0. The van der Waals surface area contributed by atoms with Gasteiger partial charge in [0.2, 0.25) is 0 Å². The Morgan fingerprint density at radius 1 is 0.348 bits per heavy atom. The maximum Gasteiger partial charge on any atom is 0.472 e. The van der Waals surface area contributed by atoms with Crippen LogP contribution in [-0.2, 0) is 65.4 Å². The molecule has 17 nitrogen and oxygen atoms in total.